The Hall–Kier alpha value is -1.63. The van der Waals surface area contributed by atoms with E-state index in [-0.39, 0.29) is 0 Å². The standard InChI is InChI=1S/C18H26N4O2/c1-2-8-22(15(3-1)13-21-9-11-23-12-10-21)14-16-4-5-18(24-16)17-6-7-19-20-17/h4-7,15H,1-3,8-14H2,(H,19,20)/t15-/m1/s1. The molecule has 6 nitrogen and oxygen atoms in total. The van der Waals surface area contributed by atoms with E-state index in [4.69, 9.17) is 9.15 Å². The summed E-state index contributed by atoms with van der Waals surface area (Å²) in [6.45, 7) is 7.08. The molecule has 0 aromatic carbocycles. The van der Waals surface area contributed by atoms with Crippen LogP contribution in [0.4, 0.5) is 0 Å². The Morgan fingerprint density at radius 2 is 2.04 bits per heavy atom. The van der Waals surface area contributed by atoms with Crippen LogP contribution in [0.25, 0.3) is 11.5 Å². The maximum atomic E-state index is 6.02. The van der Waals surface area contributed by atoms with Crippen LogP contribution in [0.5, 0.6) is 0 Å². The van der Waals surface area contributed by atoms with Gasteiger partial charge in [0.25, 0.3) is 0 Å². The fourth-order valence-corrected chi connectivity index (χ4v) is 3.76. The van der Waals surface area contributed by atoms with Crippen LogP contribution in [0.1, 0.15) is 25.0 Å². The SMILES string of the molecule is c1cc(-c2ccc(CN3CCCC[C@@H]3CN3CCOCC3)o2)[nH]n1. The highest BCUT2D eigenvalue weighted by atomic mass is 16.5. The van der Waals surface area contributed by atoms with Gasteiger partial charge in [-0.05, 0) is 37.6 Å². The highest BCUT2D eigenvalue weighted by Crippen LogP contribution is 2.24. The first-order chi connectivity index (χ1) is 11.9. The van der Waals surface area contributed by atoms with E-state index >= 15 is 0 Å². The number of morpholine rings is 1. The predicted molar refractivity (Wildman–Crippen MR) is 91.6 cm³/mol. The predicted octanol–water partition coefficient (Wildman–Crippen LogP) is 2.36. The molecular formula is C18H26N4O2. The Balaban J connectivity index is 1.39. The van der Waals surface area contributed by atoms with Crippen LogP contribution < -0.4 is 0 Å². The number of hydrogen-bond acceptors (Lipinski definition) is 5. The first-order valence-electron chi connectivity index (χ1n) is 9.01. The zero-order valence-corrected chi connectivity index (χ0v) is 14.1. The summed E-state index contributed by atoms with van der Waals surface area (Å²) in [5.41, 5.74) is 0.935. The highest BCUT2D eigenvalue weighted by Gasteiger charge is 2.26. The fourth-order valence-electron chi connectivity index (χ4n) is 3.76. The second-order valence-corrected chi connectivity index (χ2v) is 6.77. The molecule has 0 spiro atoms. The minimum Gasteiger partial charge on any atom is -0.458 e. The molecular weight excluding hydrogens is 304 g/mol. The van der Waals surface area contributed by atoms with Gasteiger partial charge in [-0.3, -0.25) is 14.9 Å². The summed E-state index contributed by atoms with van der Waals surface area (Å²) >= 11 is 0. The van der Waals surface area contributed by atoms with E-state index in [1.165, 1.54) is 19.3 Å². The molecule has 0 amide bonds. The highest BCUT2D eigenvalue weighted by molar-refractivity contribution is 5.51. The first kappa shape index (κ1) is 15.9. The van der Waals surface area contributed by atoms with Gasteiger partial charge in [0, 0.05) is 31.9 Å². The van der Waals surface area contributed by atoms with Gasteiger partial charge in [0.2, 0.25) is 0 Å². The number of aromatic amines is 1. The van der Waals surface area contributed by atoms with E-state index in [0.29, 0.717) is 6.04 Å². The molecule has 2 aliphatic heterocycles. The zero-order chi connectivity index (χ0) is 16.2. The molecule has 2 aromatic rings. The van der Waals surface area contributed by atoms with Crippen LogP contribution in [0.15, 0.2) is 28.8 Å². The third kappa shape index (κ3) is 3.71. The molecule has 4 rings (SSSR count). The number of aromatic nitrogens is 2. The third-order valence-corrected chi connectivity index (χ3v) is 5.11. The minimum atomic E-state index is 0.623. The molecule has 24 heavy (non-hydrogen) atoms. The lowest BCUT2D eigenvalue weighted by Gasteiger charge is -2.39. The smallest absolute Gasteiger partial charge is 0.152 e. The Morgan fingerprint density at radius 3 is 2.88 bits per heavy atom. The summed E-state index contributed by atoms with van der Waals surface area (Å²) in [5.74, 6) is 1.90. The molecule has 2 aromatic heterocycles. The maximum Gasteiger partial charge on any atom is 0.152 e. The largest absolute Gasteiger partial charge is 0.458 e. The summed E-state index contributed by atoms with van der Waals surface area (Å²) in [6.07, 6.45) is 5.66. The van der Waals surface area contributed by atoms with Gasteiger partial charge >= 0.3 is 0 Å². The van der Waals surface area contributed by atoms with Gasteiger partial charge in [-0.15, -0.1) is 0 Å². The second-order valence-electron chi connectivity index (χ2n) is 6.77. The normalized spacial score (nSPS) is 23.6. The summed E-state index contributed by atoms with van der Waals surface area (Å²) in [7, 11) is 0. The van der Waals surface area contributed by atoms with Gasteiger partial charge in [0.15, 0.2) is 5.76 Å². The van der Waals surface area contributed by atoms with E-state index in [0.717, 1.165) is 63.2 Å². The van der Waals surface area contributed by atoms with Gasteiger partial charge in [-0.1, -0.05) is 6.42 Å². The summed E-state index contributed by atoms with van der Waals surface area (Å²) in [5, 5.41) is 6.95. The molecule has 0 radical (unpaired) electrons. The molecule has 2 saturated heterocycles. The Morgan fingerprint density at radius 1 is 1.12 bits per heavy atom. The zero-order valence-electron chi connectivity index (χ0n) is 14.1. The number of furan rings is 1. The summed E-state index contributed by atoms with van der Waals surface area (Å²) in [6, 6.07) is 6.68. The topological polar surface area (TPSA) is 57.5 Å². The molecule has 1 N–H and O–H groups in total. The number of likely N-dealkylation sites (tertiary alicyclic amines) is 1. The van der Waals surface area contributed by atoms with Crippen LogP contribution in [0, 0.1) is 0 Å². The second kappa shape index (κ2) is 7.51. The van der Waals surface area contributed by atoms with Crippen LogP contribution in [0.3, 0.4) is 0 Å². The van der Waals surface area contributed by atoms with Crippen LogP contribution in [-0.4, -0.2) is 65.4 Å². The van der Waals surface area contributed by atoms with Crippen molar-refractivity contribution in [2.75, 3.05) is 39.4 Å². The van der Waals surface area contributed by atoms with Crippen molar-refractivity contribution >= 4 is 0 Å². The fraction of sp³-hybridized carbons (Fsp3) is 0.611. The third-order valence-electron chi connectivity index (χ3n) is 5.11. The molecule has 4 heterocycles. The van der Waals surface area contributed by atoms with E-state index < -0.39 is 0 Å². The number of hydrogen-bond donors (Lipinski definition) is 1. The minimum absolute atomic E-state index is 0.623. The summed E-state index contributed by atoms with van der Waals surface area (Å²) < 4.78 is 11.5. The van der Waals surface area contributed by atoms with Crippen molar-refractivity contribution < 1.29 is 9.15 Å². The summed E-state index contributed by atoms with van der Waals surface area (Å²) in [4.78, 5) is 5.14. The average molecular weight is 330 g/mol. The molecule has 0 saturated carbocycles. The lowest BCUT2D eigenvalue weighted by atomic mass is 10.0. The molecule has 0 bridgehead atoms. The van der Waals surface area contributed by atoms with Crippen molar-refractivity contribution in [1.82, 2.24) is 20.0 Å². The Bertz CT molecular complexity index is 619. The van der Waals surface area contributed by atoms with Gasteiger partial charge in [-0.2, -0.15) is 5.10 Å². The monoisotopic (exact) mass is 330 g/mol. The van der Waals surface area contributed by atoms with Gasteiger partial charge in [0.1, 0.15) is 11.5 Å². The van der Waals surface area contributed by atoms with Gasteiger partial charge in [-0.25, -0.2) is 0 Å². The average Bonchev–Trinajstić information content (AvgIpc) is 3.29. The number of nitrogens with one attached hydrogen (secondary N) is 1. The number of piperidine rings is 1. The molecule has 1 atom stereocenters. The van der Waals surface area contributed by atoms with Crippen molar-refractivity contribution in [3.63, 3.8) is 0 Å². The Kier molecular flexibility index (Phi) is 4.96. The van der Waals surface area contributed by atoms with Crippen LogP contribution >= 0.6 is 0 Å². The van der Waals surface area contributed by atoms with Crippen LogP contribution in [-0.2, 0) is 11.3 Å². The van der Waals surface area contributed by atoms with Crippen molar-refractivity contribution in [3.8, 4) is 11.5 Å². The molecule has 130 valence electrons. The number of ether oxygens (including phenoxy) is 1. The molecule has 0 unspecified atom stereocenters. The van der Waals surface area contributed by atoms with Crippen molar-refractivity contribution in [1.29, 1.82) is 0 Å². The number of rotatable bonds is 5. The van der Waals surface area contributed by atoms with E-state index in [1.54, 1.807) is 6.20 Å². The van der Waals surface area contributed by atoms with Crippen LogP contribution in [0.2, 0.25) is 0 Å². The maximum absolute atomic E-state index is 6.02. The quantitative estimate of drug-likeness (QED) is 0.912. The van der Waals surface area contributed by atoms with E-state index in [2.05, 4.69) is 26.1 Å². The van der Waals surface area contributed by atoms with Gasteiger partial charge < -0.3 is 9.15 Å². The molecule has 2 fully saturated rings. The van der Waals surface area contributed by atoms with Gasteiger partial charge in [0.05, 0.1) is 19.8 Å². The molecule has 2 aliphatic rings. The Labute approximate surface area is 142 Å². The van der Waals surface area contributed by atoms with Crippen molar-refractivity contribution in [3.05, 3.63) is 30.2 Å². The lowest BCUT2D eigenvalue weighted by molar-refractivity contribution is 0.0142. The number of H-pyrrole nitrogens is 1. The number of nitrogens with zero attached hydrogens (tertiary/aromatic N) is 3. The first-order valence-corrected chi connectivity index (χ1v) is 9.01. The van der Waals surface area contributed by atoms with Crippen molar-refractivity contribution in [2.24, 2.45) is 0 Å². The van der Waals surface area contributed by atoms with Crippen molar-refractivity contribution in [2.45, 2.75) is 31.8 Å². The molecule has 6 heteroatoms. The van der Waals surface area contributed by atoms with E-state index in [1.807, 2.05) is 12.1 Å². The van der Waals surface area contributed by atoms with E-state index in [9.17, 15) is 0 Å². The molecule has 0 aliphatic carbocycles. The lowest BCUT2D eigenvalue weighted by Crippen LogP contribution is -2.49.